The summed E-state index contributed by atoms with van der Waals surface area (Å²) >= 11 is 0. The Bertz CT molecular complexity index is 1250. The monoisotopic (exact) mass is 439 g/mol. The Hall–Kier alpha value is -3.59. The first-order valence-electron chi connectivity index (χ1n) is 9.59. The normalized spacial score (nSPS) is 13.3. The van der Waals surface area contributed by atoms with Gasteiger partial charge in [-0.05, 0) is 23.6 Å². The predicted octanol–water partition coefficient (Wildman–Crippen LogP) is 2.53. The molecule has 0 saturated carbocycles. The van der Waals surface area contributed by atoms with E-state index < -0.39 is 22.5 Å². The molecule has 0 bridgehead atoms. The van der Waals surface area contributed by atoms with E-state index in [0.29, 0.717) is 36.0 Å². The number of hydrazone groups is 1. The molecule has 1 amide bonds. The zero-order valence-electron chi connectivity index (χ0n) is 16.8. The number of fused-ring (bicyclic) bond motifs is 2. The van der Waals surface area contributed by atoms with E-state index >= 15 is 0 Å². The summed E-state index contributed by atoms with van der Waals surface area (Å²) in [6.45, 7) is 0.495. The van der Waals surface area contributed by atoms with Crippen LogP contribution in [0.2, 0.25) is 0 Å². The highest BCUT2D eigenvalue weighted by molar-refractivity contribution is 7.92. The number of para-hydroxylation sites is 1. The van der Waals surface area contributed by atoms with Crippen LogP contribution in [0.25, 0.3) is 10.8 Å². The Morgan fingerprint density at radius 1 is 1.06 bits per heavy atom. The molecule has 0 aromatic heterocycles. The van der Waals surface area contributed by atoms with E-state index in [1.54, 1.807) is 30.3 Å². The van der Waals surface area contributed by atoms with Gasteiger partial charge in [-0.25, -0.2) is 13.8 Å². The Morgan fingerprint density at radius 2 is 1.81 bits per heavy atom. The summed E-state index contributed by atoms with van der Waals surface area (Å²) in [5, 5.41) is 5.57. The molecule has 9 heteroatoms. The molecule has 0 unspecified atom stereocenters. The van der Waals surface area contributed by atoms with Gasteiger partial charge in [0, 0.05) is 10.9 Å². The number of hydrogen-bond acceptors (Lipinski definition) is 6. The van der Waals surface area contributed by atoms with Crippen molar-refractivity contribution >= 4 is 38.6 Å². The number of rotatable bonds is 6. The topological polar surface area (TPSA) is 97.3 Å². The van der Waals surface area contributed by atoms with Crippen molar-refractivity contribution < 1.29 is 22.7 Å². The lowest BCUT2D eigenvalue weighted by molar-refractivity contribution is -0.119. The SMILES string of the molecule is CS(=O)(=O)N(CC(=O)NN=Cc1cccc2c1OCCO2)c1cccc2ccccc12. The Kier molecular flexibility index (Phi) is 5.77. The molecular weight excluding hydrogens is 418 g/mol. The molecule has 0 spiro atoms. The maximum absolute atomic E-state index is 12.5. The van der Waals surface area contributed by atoms with Crippen LogP contribution < -0.4 is 19.2 Å². The fourth-order valence-corrected chi connectivity index (χ4v) is 4.21. The average molecular weight is 439 g/mol. The Balaban J connectivity index is 1.53. The predicted molar refractivity (Wildman–Crippen MR) is 119 cm³/mol. The molecule has 3 aromatic carbocycles. The van der Waals surface area contributed by atoms with E-state index in [0.717, 1.165) is 21.3 Å². The van der Waals surface area contributed by atoms with Gasteiger partial charge < -0.3 is 9.47 Å². The molecule has 0 radical (unpaired) electrons. The van der Waals surface area contributed by atoms with Crippen molar-refractivity contribution in [1.82, 2.24) is 5.43 Å². The third kappa shape index (κ3) is 4.61. The standard InChI is InChI=1S/C22H21N3O5S/c1-31(27,28)25(19-10-4-7-16-6-2-3-9-18(16)19)15-21(26)24-23-14-17-8-5-11-20-22(17)30-13-12-29-20/h2-11,14H,12-13,15H2,1H3,(H,24,26). The summed E-state index contributed by atoms with van der Waals surface area (Å²) in [5.41, 5.74) is 3.46. The van der Waals surface area contributed by atoms with Gasteiger partial charge in [0.25, 0.3) is 5.91 Å². The van der Waals surface area contributed by atoms with Crippen LogP contribution in [-0.4, -0.2) is 46.6 Å². The van der Waals surface area contributed by atoms with Crippen molar-refractivity contribution in [2.75, 3.05) is 30.3 Å². The second kappa shape index (κ2) is 8.65. The van der Waals surface area contributed by atoms with E-state index in [9.17, 15) is 13.2 Å². The van der Waals surface area contributed by atoms with Crippen molar-refractivity contribution in [1.29, 1.82) is 0 Å². The number of sulfonamides is 1. The van der Waals surface area contributed by atoms with Crippen LogP contribution in [0, 0.1) is 0 Å². The van der Waals surface area contributed by atoms with Crippen molar-refractivity contribution in [3.8, 4) is 11.5 Å². The Labute approximate surface area is 180 Å². The van der Waals surface area contributed by atoms with E-state index in [4.69, 9.17) is 9.47 Å². The van der Waals surface area contributed by atoms with Crippen molar-refractivity contribution in [3.05, 3.63) is 66.2 Å². The van der Waals surface area contributed by atoms with Crippen LogP contribution in [-0.2, 0) is 14.8 Å². The number of nitrogens with one attached hydrogen (secondary N) is 1. The quantitative estimate of drug-likeness (QED) is 0.470. The lowest BCUT2D eigenvalue weighted by atomic mass is 10.1. The van der Waals surface area contributed by atoms with Crippen LogP contribution in [0.15, 0.2) is 65.8 Å². The fraction of sp³-hybridized carbons (Fsp3) is 0.182. The number of carbonyl (C=O) groups excluding carboxylic acids is 1. The average Bonchev–Trinajstić information content (AvgIpc) is 2.76. The van der Waals surface area contributed by atoms with Gasteiger partial charge in [0.15, 0.2) is 11.5 Å². The molecule has 1 N–H and O–H groups in total. The van der Waals surface area contributed by atoms with Gasteiger partial charge in [0.05, 0.1) is 18.2 Å². The van der Waals surface area contributed by atoms with Crippen molar-refractivity contribution in [2.24, 2.45) is 5.10 Å². The molecule has 0 saturated heterocycles. The van der Waals surface area contributed by atoms with Gasteiger partial charge in [-0.2, -0.15) is 5.10 Å². The van der Waals surface area contributed by atoms with Crippen molar-refractivity contribution in [2.45, 2.75) is 0 Å². The zero-order valence-corrected chi connectivity index (χ0v) is 17.6. The molecule has 8 nitrogen and oxygen atoms in total. The molecule has 4 rings (SSSR count). The summed E-state index contributed by atoms with van der Waals surface area (Å²) in [4.78, 5) is 12.5. The smallest absolute Gasteiger partial charge is 0.260 e. The highest BCUT2D eigenvalue weighted by Crippen LogP contribution is 2.32. The number of benzene rings is 3. The first kappa shape index (κ1) is 20.7. The summed E-state index contributed by atoms with van der Waals surface area (Å²) < 4.78 is 37.1. The Morgan fingerprint density at radius 3 is 2.65 bits per heavy atom. The number of carbonyl (C=O) groups is 1. The van der Waals surface area contributed by atoms with E-state index in [1.165, 1.54) is 6.21 Å². The number of amides is 1. The van der Waals surface area contributed by atoms with Gasteiger partial charge in [-0.15, -0.1) is 0 Å². The molecule has 1 aliphatic heterocycles. The van der Waals surface area contributed by atoms with E-state index in [1.807, 2.05) is 30.3 Å². The molecular formula is C22H21N3O5S. The van der Waals surface area contributed by atoms with Gasteiger partial charge in [0.2, 0.25) is 10.0 Å². The summed E-state index contributed by atoms with van der Waals surface area (Å²) in [7, 11) is -3.71. The second-order valence-corrected chi connectivity index (χ2v) is 8.84. The lowest BCUT2D eigenvalue weighted by Crippen LogP contribution is -2.39. The summed E-state index contributed by atoms with van der Waals surface area (Å²) in [5.74, 6) is 0.595. The highest BCUT2D eigenvalue weighted by atomic mass is 32.2. The molecule has 0 fully saturated rings. The maximum atomic E-state index is 12.5. The first-order valence-corrected chi connectivity index (χ1v) is 11.4. The number of nitrogens with zero attached hydrogens (tertiary/aromatic N) is 2. The summed E-state index contributed by atoms with van der Waals surface area (Å²) in [6.07, 6.45) is 2.51. The van der Waals surface area contributed by atoms with Gasteiger partial charge in [-0.1, -0.05) is 42.5 Å². The molecule has 0 aliphatic carbocycles. The fourth-order valence-electron chi connectivity index (χ4n) is 3.34. The van der Waals surface area contributed by atoms with Crippen LogP contribution in [0.5, 0.6) is 11.5 Å². The maximum Gasteiger partial charge on any atom is 0.260 e. The number of anilines is 1. The third-order valence-electron chi connectivity index (χ3n) is 4.71. The largest absolute Gasteiger partial charge is 0.486 e. The van der Waals surface area contributed by atoms with Gasteiger partial charge >= 0.3 is 0 Å². The minimum absolute atomic E-state index is 0.406. The van der Waals surface area contributed by atoms with Crippen LogP contribution in [0.1, 0.15) is 5.56 Å². The highest BCUT2D eigenvalue weighted by Gasteiger charge is 2.22. The summed E-state index contributed by atoms with van der Waals surface area (Å²) in [6, 6.07) is 18.1. The van der Waals surface area contributed by atoms with Gasteiger partial charge in [-0.3, -0.25) is 9.10 Å². The third-order valence-corrected chi connectivity index (χ3v) is 5.84. The number of ether oxygens (including phenoxy) is 2. The molecule has 1 heterocycles. The minimum atomic E-state index is -3.71. The second-order valence-electron chi connectivity index (χ2n) is 6.93. The lowest BCUT2D eigenvalue weighted by Gasteiger charge is -2.23. The van der Waals surface area contributed by atoms with Crippen LogP contribution in [0.3, 0.4) is 0 Å². The molecule has 3 aromatic rings. The first-order chi connectivity index (χ1) is 14.9. The van der Waals surface area contributed by atoms with E-state index in [-0.39, 0.29) is 0 Å². The molecule has 1 aliphatic rings. The molecule has 0 atom stereocenters. The minimum Gasteiger partial charge on any atom is -0.486 e. The van der Waals surface area contributed by atoms with Crippen LogP contribution >= 0.6 is 0 Å². The van der Waals surface area contributed by atoms with Crippen LogP contribution in [0.4, 0.5) is 5.69 Å². The molecule has 160 valence electrons. The van der Waals surface area contributed by atoms with Crippen molar-refractivity contribution in [3.63, 3.8) is 0 Å². The van der Waals surface area contributed by atoms with E-state index in [2.05, 4.69) is 10.5 Å². The number of hydrogen-bond donors (Lipinski definition) is 1. The van der Waals surface area contributed by atoms with Gasteiger partial charge in [0.1, 0.15) is 19.8 Å². The zero-order chi connectivity index (χ0) is 21.8. The molecule has 31 heavy (non-hydrogen) atoms.